The molecular weight excluding hydrogens is 634 g/mol. The highest BCUT2D eigenvalue weighted by atomic mass is 16.5. The number of aromatic nitrogens is 1. The summed E-state index contributed by atoms with van der Waals surface area (Å²) in [4.78, 5) is 64.2. The van der Waals surface area contributed by atoms with Crippen LogP contribution in [0.1, 0.15) is 47.6 Å². The molecule has 0 radical (unpaired) electrons. The standard InChI is InChI=1S/C38H45N7O5/c1-37(11-14-43(15-12-37)36(49)44-16-18-50-19-17-44)35(48)45(24-28-7-4-3-6-27(28)23-39-2)25-32(46)41-30-10-9-26-21-38(22-29(26)20-30)31-8-5-13-40-33(31)42-34(38)47/h3-10,13,20,39H,11-12,14-19,21-25H2,1-2H3,(H,41,46)(H,40,42,47)/t38-/m1/s1. The highest BCUT2D eigenvalue weighted by Crippen LogP contribution is 2.47. The predicted octanol–water partition coefficient (Wildman–Crippen LogP) is 3.31. The Bertz CT molecular complexity index is 1800. The van der Waals surface area contributed by atoms with Crippen LogP contribution >= 0.6 is 0 Å². The van der Waals surface area contributed by atoms with E-state index in [1.165, 1.54) is 0 Å². The molecule has 2 fully saturated rings. The first-order valence-electron chi connectivity index (χ1n) is 17.5. The predicted molar refractivity (Wildman–Crippen MR) is 188 cm³/mol. The lowest BCUT2D eigenvalue weighted by Gasteiger charge is -2.42. The fraction of sp³-hybridized carbons (Fsp3) is 0.447. The number of nitrogens with zero attached hydrogens (tertiary/aromatic N) is 4. The molecule has 1 aromatic heterocycles. The average Bonchev–Trinajstić information content (AvgIpc) is 3.65. The Morgan fingerprint density at radius 2 is 1.66 bits per heavy atom. The SMILES string of the molecule is CNCc1ccccc1CN(CC(=O)Nc1ccc2c(c1)C[C@@]1(C2)C(=O)Nc2ncccc21)C(=O)C1(C)CCN(C(=O)N2CCOCC2)CC1. The molecule has 0 bridgehead atoms. The van der Waals surface area contributed by atoms with E-state index in [4.69, 9.17) is 4.74 Å². The second kappa shape index (κ2) is 13.8. The molecule has 3 aliphatic heterocycles. The van der Waals surface area contributed by atoms with Crippen LogP contribution in [0.4, 0.5) is 16.3 Å². The zero-order valence-corrected chi connectivity index (χ0v) is 28.8. The number of hydrogen-bond donors (Lipinski definition) is 3. The Morgan fingerprint density at radius 3 is 2.42 bits per heavy atom. The molecule has 0 unspecified atom stereocenters. The van der Waals surface area contributed by atoms with Crippen molar-refractivity contribution < 1.29 is 23.9 Å². The van der Waals surface area contributed by atoms with Crippen molar-refractivity contribution in [2.45, 2.75) is 51.1 Å². The van der Waals surface area contributed by atoms with E-state index in [9.17, 15) is 19.2 Å². The number of piperidine rings is 1. The summed E-state index contributed by atoms with van der Waals surface area (Å²) in [7, 11) is 1.88. The van der Waals surface area contributed by atoms with Crippen LogP contribution in [0.2, 0.25) is 0 Å². The summed E-state index contributed by atoms with van der Waals surface area (Å²) in [6.45, 7) is 5.93. The number of hydrogen-bond acceptors (Lipinski definition) is 7. The van der Waals surface area contributed by atoms with Crippen LogP contribution in [0.5, 0.6) is 0 Å². The van der Waals surface area contributed by atoms with Gasteiger partial charge in [-0.05, 0) is 73.2 Å². The van der Waals surface area contributed by atoms with Gasteiger partial charge in [-0.2, -0.15) is 0 Å². The average molecular weight is 680 g/mol. The highest BCUT2D eigenvalue weighted by Gasteiger charge is 2.51. The van der Waals surface area contributed by atoms with Crippen molar-refractivity contribution in [3.8, 4) is 0 Å². The lowest BCUT2D eigenvalue weighted by atomic mass is 9.79. The van der Waals surface area contributed by atoms with Crippen molar-refractivity contribution in [2.75, 3.05) is 63.6 Å². The molecule has 0 saturated carbocycles. The monoisotopic (exact) mass is 679 g/mol. The highest BCUT2D eigenvalue weighted by molar-refractivity contribution is 6.06. The molecule has 7 rings (SSSR count). The quantitative estimate of drug-likeness (QED) is 0.333. The van der Waals surface area contributed by atoms with Gasteiger partial charge in [0.15, 0.2) is 0 Å². The number of likely N-dealkylation sites (tertiary alicyclic amines) is 1. The number of pyridine rings is 1. The zero-order valence-electron chi connectivity index (χ0n) is 28.8. The Balaban J connectivity index is 1.06. The lowest BCUT2D eigenvalue weighted by molar-refractivity contribution is -0.146. The number of amides is 5. The minimum atomic E-state index is -0.727. The summed E-state index contributed by atoms with van der Waals surface area (Å²) in [6.07, 6.45) is 3.79. The van der Waals surface area contributed by atoms with Crippen LogP contribution < -0.4 is 16.0 Å². The fourth-order valence-corrected chi connectivity index (χ4v) is 7.94. The van der Waals surface area contributed by atoms with Gasteiger partial charge in [0.05, 0.1) is 18.6 Å². The van der Waals surface area contributed by atoms with Gasteiger partial charge < -0.3 is 35.4 Å². The van der Waals surface area contributed by atoms with E-state index in [2.05, 4.69) is 20.9 Å². The summed E-state index contributed by atoms with van der Waals surface area (Å²) < 4.78 is 5.41. The van der Waals surface area contributed by atoms with E-state index < -0.39 is 10.8 Å². The molecular formula is C38H45N7O5. The van der Waals surface area contributed by atoms with E-state index in [0.717, 1.165) is 27.8 Å². The number of anilines is 2. The Labute approximate surface area is 292 Å². The molecule has 12 nitrogen and oxygen atoms in total. The second-order valence-corrected chi connectivity index (χ2v) is 14.2. The van der Waals surface area contributed by atoms with Crippen molar-refractivity contribution in [3.63, 3.8) is 0 Å². The Morgan fingerprint density at radius 1 is 0.940 bits per heavy atom. The number of nitrogens with one attached hydrogen (secondary N) is 3. The largest absolute Gasteiger partial charge is 0.378 e. The Kier molecular flexibility index (Phi) is 9.32. The molecule has 4 heterocycles. The number of benzene rings is 2. The van der Waals surface area contributed by atoms with Crippen LogP contribution in [0.15, 0.2) is 60.8 Å². The number of morpholine rings is 1. The van der Waals surface area contributed by atoms with E-state index in [0.29, 0.717) is 83.1 Å². The lowest BCUT2D eigenvalue weighted by Crippen LogP contribution is -2.54. The first kappa shape index (κ1) is 33.7. The molecule has 2 saturated heterocycles. The molecule has 1 aliphatic carbocycles. The van der Waals surface area contributed by atoms with Crippen LogP contribution in [0.3, 0.4) is 0 Å². The van der Waals surface area contributed by atoms with Gasteiger partial charge in [0, 0.05) is 62.1 Å². The maximum absolute atomic E-state index is 14.4. The van der Waals surface area contributed by atoms with Gasteiger partial charge in [0.25, 0.3) is 0 Å². The third-order valence-electron chi connectivity index (χ3n) is 10.9. The second-order valence-electron chi connectivity index (χ2n) is 14.2. The molecule has 3 N–H and O–H groups in total. The van der Waals surface area contributed by atoms with Crippen LogP contribution in [-0.4, -0.2) is 96.4 Å². The molecule has 262 valence electrons. The van der Waals surface area contributed by atoms with E-state index in [1.807, 2.05) is 78.4 Å². The van der Waals surface area contributed by atoms with Crippen molar-refractivity contribution in [1.82, 2.24) is 25.0 Å². The third-order valence-corrected chi connectivity index (χ3v) is 10.9. The van der Waals surface area contributed by atoms with Crippen molar-refractivity contribution >= 4 is 35.3 Å². The summed E-state index contributed by atoms with van der Waals surface area (Å²) in [5, 5.41) is 9.18. The molecule has 12 heteroatoms. The van der Waals surface area contributed by atoms with Gasteiger partial charge in [-0.1, -0.05) is 43.3 Å². The number of carbonyl (C=O) groups is 4. The topological polar surface area (TPSA) is 136 Å². The normalized spacial score (nSPS) is 20.6. The maximum atomic E-state index is 14.4. The molecule has 50 heavy (non-hydrogen) atoms. The number of fused-ring (bicyclic) bond motifs is 3. The van der Waals surface area contributed by atoms with Gasteiger partial charge in [-0.25, -0.2) is 9.78 Å². The van der Waals surface area contributed by atoms with Gasteiger partial charge in [-0.15, -0.1) is 0 Å². The number of ether oxygens (including phenoxy) is 1. The van der Waals surface area contributed by atoms with E-state index >= 15 is 0 Å². The number of rotatable bonds is 8. The van der Waals surface area contributed by atoms with Gasteiger partial charge in [-0.3, -0.25) is 14.4 Å². The zero-order chi connectivity index (χ0) is 34.9. The van der Waals surface area contributed by atoms with Gasteiger partial charge in [0.1, 0.15) is 12.4 Å². The fourth-order valence-electron chi connectivity index (χ4n) is 7.94. The minimum absolute atomic E-state index is 0.00488. The molecule has 1 atom stereocenters. The summed E-state index contributed by atoms with van der Waals surface area (Å²) in [6, 6.07) is 17.5. The smallest absolute Gasteiger partial charge is 0.320 e. The third kappa shape index (κ3) is 6.45. The molecule has 1 spiro atoms. The van der Waals surface area contributed by atoms with Crippen molar-refractivity contribution in [1.29, 1.82) is 0 Å². The van der Waals surface area contributed by atoms with Gasteiger partial charge in [0.2, 0.25) is 17.7 Å². The van der Waals surface area contributed by atoms with E-state index in [-0.39, 0.29) is 36.8 Å². The summed E-state index contributed by atoms with van der Waals surface area (Å²) >= 11 is 0. The van der Waals surface area contributed by atoms with Crippen molar-refractivity contribution in [3.05, 3.63) is 88.6 Å². The summed E-state index contributed by atoms with van der Waals surface area (Å²) in [5.74, 6) is 0.169. The first-order valence-corrected chi connectivity index (χ1v) is 17.5. The van der Waals surface area contributed by atoms with E-state index in [1.54, 1.807) is 11.1 Å². The van der Waals surface area contributed by atoms with Crippen LogP contribution in [0.25, 0.3) is 0 Å². The molecule has 5 amide bonds. The Hall–Kier alpha value is -4.81. The maximum Gasteiger partial charge on any atom is 0.320 e. The van der Waals surface area contributed by atoms with Crippen LogP contribution in [0, 0.1) is 5.41 Å². The summed E-state index contributed by atoms with van der Waals surface area (Å²) in [5.41, 5.74) is 4.21. The molecule has 3 aromatic rings. The van der Waals surface area contributed by atoms with Gasteiger partial charge >= 0.3 is 6.03 Å². The minimum Gasteiger partial charge on any atom is -0.378 e. The van der Waals surface area contributed by atoms with Crippen LogP contribution in [-0.2, 0) is 50.5 Å². The molecule has 4 aliphatic rings. The number of urea groups is 1. The molecule has 2 aromatic carbocycles. The first-order chi connectivity index (χ1) is 24.2. The number of carbonyl (C=O) groups excluding carboxylic acids is 4. The van der Waals surface area contributed by atoms with Crippen molar-refractivity contribution in [2.24, 2.45) is 5.41 Å².